The maximum absolute atomic E-state index is 6.04. The van der Waals surface area contributed by atoms with Crippen LogP contribution in [-0.2, 0) is 6.54 Å². The van der Waals surface area contributed by atoms with E-state index >= 15 is 0 Å². The van der Waals surface area contributed by atoms with E-state index in [2.05, 4.69) is 42.1 Å². The number of nitrogens with zero attached hydrogens (tertiary/aromatic N) is 1. The Bertz CT molecular complexity index is 502. The molecule has 18 heavy (non-hydrogen) atoms. The van der Waals surface area contributed by atoms with Gasteiger partial charge < -0.3 is 9.88 Å². The van der Waals surface area contributed by atoms with Crippen LogP contribution >= 0.6 is 11.6 Å². The van der Waals surface area contributed by atoms with E-state index in [1.807, 2.05) is 12.1 Å². The van der Waals surface area contributed by atoms with E-state index in [1.165, 1.54) is 10.9 Å². The molecule has 2 rings (SSSR count). The highest BCUT2D eigenvalue weighted by Gasteiger charge is 2.01. The average molecular weight is 265 g/mol. The molecular formula is C15H21ClN2. The molecule has 0 amide bonds. The fraction of sp³-hybridized carbons (Fsp3) is 0.467. The lowest BCUT2D eigenvalue weighted by atomic mass is 10.2. The Morgan fingerprint density at radius 3 is 2.89 bits per heavy atom. The summed E-state index contributed by atoms with van der Waals surface area (Å²) < 4.78 is 2.28. The van der Waals surface area contributed by atoms with E-state index < -0.39 is 0 Å². The third-order valence-electron chi connectivity index (χ3n) is 3.04. The predicted octanol–water partition coefficient (Wildman–Crippen LogP) is 3.93. The number of nitrogens with one attached hydrogen (secondary N) is 1. The maximum atomic E-state index is 6.04. The first-order valence-electron chi connectivity index (χ1n) is 6.62. The van der Waals surface area contributed by atoms with Crippen LogP contribution in [0.2, 0.25) is 5.02 Å². The molecule has 0 saturated heterocycles. The quantitative estimate of drug-likeness (QED) is 0.783. The summed E-state index contributed by atoms with van der Waals surface area (Å²) in [5.74, 6) is 0.719. The average Bonchev–Trinajstić information content (AvgIpc) is 2.71. The van der Waals surface area contributed by atoms with Gasteiger partial charge in [-0.1, -0.05) is 31.5 Å². The zero-order valence-electron chi connectivity index (χ0n) is 11.1. The highest BCUT2D eigenvalue weighted by atomic mass is 35.5. The Hall–Kier alpha value is -0.990. The molecule has 2 nitrogen and oxygen atoms in total. The number of halogens is 1. The van der Waals surface area contributed by atoms with Gasteiger partial charge in [-0.05, 0) is 49.0 Å². The van der Waals surface area contributed by atoms with Gasteiger partial charge >= 0.3 is 0 Å². The van der Waals surface area contributed by atoms with E-state index in [-0.39, 0.29) is 0 Å². The van der Waals surface area contributed by atoms with Crippen LogP contribution in [0.5, 0.6) is 0 Å². The minimum absolute atomic E-state index is 0.719. The minimum Gasteiger partial charge on any atom is -0.347 e. The minimum atomic E-state index is 0.719. The summed E-state index contributed by atoms with van der Waals surface area (Å²) in [7, 11) is 0. The third kappa shape index (κ3) is 3.50. The summed E-state index contributed by atoms with van der Waals surface area (Å²) in [6, 6.07) is 8.20. The van der Waals surface area contributed by atoms with E-state index in [0.717, 1.165) is 37.0 Å². The highest BCUT2D eigenvalue weighted by Crippen LogP contribution is 2.20. The number of hydrogen-bond acceptors (Lipinski definition) is 1. The van der Waals surface area contributed by atoms with Gasteiger partial charge in [0.05, 0.1) is 0 Å². The van der Waals surface area contributed by atoms with Gasteiger partial charge in [-0.25, -0.2) is 0 Å². The van der Waals surface area contributed by atoms with E-state index in [1.54, 1.807) is 0 Å². The van der Waals surface area contributed by atoms with Gasteiger partial charge in [-0.3, -0.25) is 0 Å². The first-order chi connectivity index (χ1) is 8.66. The summed E-state index contributed by atoms with van der Waals surface area (Å²) in [5.41, 5.74) is 1.23. The number of benzene rings is 1. The van der Waals surface area contributed by atoms with Crippen molar-refractivity contribution in [2.45, 2.75) is 26.8 Å². The first kappa shape index (κ1) is 13.4. The fourth-order valence-corrected chi connectivity index (χ4v) is 2.28. The molecule has 1 heterocycles. The molecule has 1 aromatic heterocycles. The van der Waals surface area contributed by atoms with Crippen molar-refractivity contribution < 1.29 is 0 Å². The SMILES string of the molecule is CC(C)CNCCCn1ccc2ccc(Cl)cc21. The van der Waals surface area contributed by atoms with Crippen LogP contribution in [0.4, 0.5) is 0 Å². The molecule has 0 aliphatic carbocycles. The van der Waals surface area contributed by atoms with Crippen molar-refractivity contribution in [3.05, 3.63) is 35.5 Å². The lowest BCUT2D eigenvalue weighted by Crippen LogP contribution is -2.21. The zero-order valence-corrected chi connectivity index (χ0v) is 11.9. The van der Waals surface area contributed by atoms with Crippen LogP contribution in [0.3, 0.4) is 0 Å². The van der Waals surface area contributed by atoms with Crippen LogP contribution < -0.4 is 5.32 Å². The van der Waals surface area contributed by atoms with Gasteiger partial charge in [0.1, 0.15) is 0 Å². The lowest BCUT2D eigenvalue weighted by molar-refractivity contribution is 0.525. The Morgan fingerprint density at radius 1 is 1.28 bits per heavy atom. The Labute approximate surface area is 114 Å². The Kier molecular flexibility index (Phi) is 4.67. The topological polar surface area (TPSA) is 17.0 Å². The van der Waals surface area contributed by atoms with Crippen molar-refractivity contribution in [1.82, 2.24) is 9.88 Å². The molecule has 0 atom stereocenters. The monoisotopic (exact) mass is 264 g/mol. The van der Waals surface area contributed by atoms with Crippen LogP contribution in [-0.4, -0.2) is 17.7 Å². The van der Waals surface area contributed by atoms with Gasteiger partial charge in [0.25, 0.3) is 0 Å². The number of hydrogen-bond donors (Lipinski definition) is 1. The predicted molar refractivity (Wildman–Crippen MR) is 79.3 cm³/mol. The number of aryl methyl sites for hydroxylation is 1. The molecular weight excluding hydrogens is 244 g/mol. The third-order valence-corrected chi connectivity index (χ3v) is 3.28. The van der Waals surface area contributed by atoms with Gasteiger partial charge in [0.15, 0.2) is 0 Å². The molecule has 0 radical (unpaired) electrons. The standard InChI is InChI=1S/C15H21ClN2/c1-12(2)11-17-7-3-8-18-9-6-13-4-5-14(16)10-15(13)18/h4-6,9-10,12,17H,3,7-8,11H2,1-2H3. The van der Waals surface area contributed by atoms with Crippen molar-refractivity contribution in [1.29, 1.82) is 0 Å². The van der Waals surface area contributed by atoms with Gasteiger partial charge in [-0.15, -0.1) is 0 Å². The fourth-order valence-electron chi connectivity index (χ4n) is 2.12. The molecule has 1 N–H and O–H groups in total. The van der Waals surface area contributed by atoms with E-state index in [4.69, 9.17) is 11.6 Å². The summed E-state index contributed by atoms with van der Waals surface area (Å²) in [4.78, 5) is 0. The lowest BCUT2D eigenvalue weighted by Gasteiger charge is -2.08. The largest absolute Gasteiger partial charge is 0.347 e. The van der Waals surface area contributed by atoms with Crippen molar-refractivity contribution >= 4 is 22.5 Å². The normalized spacial score (nSPS) is 11.6. The molecule has 0 aliphatic rings. The second kappa shape index (κ2) is 6.26. The van der Waals surface area contributed by atoms with Crippen molar-refractivity contribution in [3.63, 3.8) is 0 Å². The van der Waals surface area contributed by atoms with Crippen molar-refractivity contribution in [2.75, 3.05) is 13.1 Å². The highest BCUT2D eigenvalue weighted by molar-refractivity contribution is 6.31. The van der Waals surface area contributed by atoms with Crippen molar-refractivity contribution in [3.8, 4) is 0 Å². The van der Waals surface area contributed by atoms with E-state index in [0.29, 0.717) is 0 Å². The second-order valence-corrected chi connectivity index (χ2v) is 5.60. The zero-order chi connectivity index (χ0) is 13.0. The molecule has 0 bridgehead atoms. The van der Waals surface area contributed by atoms with E-state index in [9.17, 15) is 0 Å². The molecule has 0 spiro atoms. The van der Waals surface area contributed by atoms with Crippen molar-refractivity contribution in [2.24, 2.45) is 5.92 Å². The molecule has 0 saturated carbocycles. The van der Waals surface area contributed by atoms with Gasteiger partial charge in [0, 0.05) is 23.3 Å². The molecule has 3 heteroatoms. The Balaban J connectivity index is 1.89. The molecule has 1 aromatic carbocycles. The number of rotatable bonds is 6. The summed E-state index contributed by atoms with van der Waals surface area (Å²) >= 11 is 6.04. The molecule has 2 aromatic rings. The summed E-state index contributed by atoms with van der Waals surface area (Å²) in [6.07, 6.45) is 3.28. The molecule has 98 valence electrons. The van der Waals surface area contributed by atoms with Crippen LogP contribution in [0, 0.1) is 5.92 Å². The molecule has 0 unspecified atom stereocenters. The van der Waals surface area contributed by atoms with Crippen LogP contribution in [0.1, 0.15) is 20.3 Å². The smallest absolute Gasteiger partial charge is 0.0495 e. The number of fused-ring (bicyclic) bond motifs is 1. The van der Waals surface area contributed by atoms with Gasteiger partial charge in [0.2, 0.25) is 0 Å². The second-order valence-electron chi connectivity index (χ2n) is 5.16. The first-order valence-corrected chi connectivity index (χ1v) is 7.00. The van der Waals surface area contributed by atoms with Gasteiger partial charge in [-0.2, -0.15) is 0 Å². The Morgan fingerprint density at radius 2 is 2.11 bits per heavy atom. The van der Waals surface area contributed by atoms with Crippen LogP contribution in [0.25, 0.3) is 10.9 Å². The number of aromatic nitrogens is 1. The molecule has 0 fully saturated rings. The van der Waals surface area contributed by atoms with Crippen LogP contribution in [0.15, 0.2) is 30.5 Å². The summed E-state index contributed by atoms with van der Waals surface area (Å²) in [5, 5.41) is 5.53. The molecule has 0 aliphatic heterocycles. The maximum Gasteiger partial charge on any atom is 0.0495 e. The summed E-state index contributed by atoms with van der Waals surface area (Å²) in [6.45, 7) is 7.66.